The van der Waals surface area contributed by atoms with E-state index < -0.39 is 11.7 Å². The van der Waals surface area contributed by atoms with Crippen molar-refractivity contribution in [3.8, 4) is 17.0 Å². The number of phenols is 1. The van der Waals surface area contributed by atoms with Crippen LogP contribution in [0.5, 0.6) is 5.75 Å². The van der Waals surface area contributed by atoms with E-state index in [-0.39, 0.29) is 18.9 Å². The van der Waals surface area contributed by atoms with E-state index in [1.807, 2.05) is 0 Å². The molecule has 1 heterocycles. The number of aromatic hydroxyl groups is 1. The van der Waals surface area contributed by atoms with Gasteiger partial charge in [0.05, 0.1) is 24.2 Å². The number of phenolic OH excluding ortho intramolecular Hbond substituents is 1. The van der Waals surface area contributed by atoms with E-state index in [4.69, 9.17) is 5.11 Å². The molecule has 0 saturated carbocycles. The summed E-state index contributed by atoms with van der Waals surface area (Å²) in [5.41, 5.74) is 0.713. The van der Waals surface area contributed by atoms with Crippen molar-refractivity contribution < 1.29 is 23.4 Å². The van der Waals surface area contributed by atoms with Crippen LogP contribution in [0.25, 0.3) is 22.2 Å². The van der Waals surface area contributed by atoms with E-state index in [9.17, 15) is 18.3 Å². The first-order valence-corrected chi connectivity index (χ1v) is 6.88. The van der Waals surface area contributed by atoms with Gasteiger partial charge in [-0.1, -0.05) is 0 Å². The smallest absolute Gasteiger partial charge is 0.416 e. The van der Waals surface area contributed by atoms with Crippen LogP contribution in [0.3, 0.4) is 0 Å². The van der Waals surface area contributed by atoms with Crippen LogP contribution in [-0.4, -0.2) is 26.6 Å². The largest absolute Gasteiger partial charge is 0.508 e. The molecule has 3 rings (SSSR count). The number of hydrogen-bond acceptors (Lipinski definition) is 3. The molecule has 3 aromatic rings. The van der Waals surface area contributed by atoms with Crippen LogP contribution in [0.1, 0.15) is 5.56 Å². The Balaban J connectivity index is 2.21. The first-order valence-electron chi connectivity index (χ1n) is 6.88. The molecule has 4 nitrogen and oxygen atoms in total. The molecule has 0 spiro atoms. The van der Waals surface area contributed by atoms with Gasteiger partial charge in [-0.15, -0.1) is 0 Å². The summed E-state index contributed by atoms with van der Waals surface area (Å²) in [4.78, 5) is 0. The van der Waals surface area contributed by atoms with Gasteiger partial charge in [0.2, 0.25) is 0 Å². The van der Waals surface area contributed by atoms with Gasteiger partial charge >= 0.3 is 6.18 Å². The van der Waals surface area contributed by atoms with Crippen molar-refractivity contribution in [3.05, 3.63) is 48.0 Å². The van der Waals surface area contributed by atoms with E-state index in [1.54, 1.807) is 12.1 Å². The lowest BCUT2D eigenvalue weighted by molar-refractivity contribution is -0.137. The Labute approximate surface area is 129 Å². The number of hydrogen-bond donors (Lipinski definition) is 2. The number of benzene rings is 2. The third kappa shape index (κ3) is 2.87. The molecule has 0 aliphatic carbocycles. The monoisotopic (exact) mass is 322 g/mol. The second-order valence-corrected chi connectivity index (χ2v) is 5.07. The zero-order valence-electron chi connectivity index (χ0n) is 11.9. The average molecular weight is 322 g/mol. The second kappa shape index (κ2) is 5.58. The summed E-state index contributed by atoms with van der Waals surface area (Å²) in [6.07, 6.45) is -4.44. The molecule has 0 bridgehead atoms. The van der Waals surface area contributed by atoms with Crippen LogP contribution < -0.4 is 0 Å². The van der Waals surface area contributed by atoms with Crippen LogP contribution in [0.15, 0.2) is 42.5 Å². The summed E-state index contributed by atoms with van der Waals surface area (Å²) in [6, 6.07) is 9.66. The number of fused-ring (bicyclic) bond motifs is 1. The number of halogens is 3. The summed E-state index contributed by atoms with van der Waals surface area (Å²) < 4.78 is 40.1. The fourth-order valence-corrected chi connectivity index (χ4v) is 2.45. The van der Waals surface area contributed by atoms with Crippen LogP contribution in [0.4, 0.5) is 13.2 Å². The molecule has 1 aromatic heterocycles. The van der Waals surface area contributed by atoms with E-state index in [0.29, 0.717) is 22.2 Å². The minimum absolute atomic E-state index is 0.0900. The molecule has 0 unspecified atom stereocenters. The molecule has 0 saturated heterocycles. The van der Waals surface area contributed by atoms with Crippen molar-refractivity contribution in [2.75, 3.05) is 6.61 Å². The number of alkyl halides is 3. The fourth-order valence-electron chi connectivity index (χ4n) is 2.45. The van der Waals surface area contributed by atoms with Crippen molar-refractivity contribution in [1.29, 1.82) is 0 Å². The van der Waals surface area contributed by atoms with Crippen molar-refractivity contribution in [2.45, 2.75) is 12.7 Å². The number of aliphatic hydroxyl groups is 1. The predicted molar refractivity (Wildman–Crippen MR) is 78.9 cm³/mol. The third-order valence-corrected chi connectivity index (χ3v) is 3.53. The Morgan fingerprint density at radius 2 is 1.74 bits per heavy atom. The van der Waals surface area contributed by atoms with E-state index in [2.05, 4.69) is 5.10 Å². The Morgan fingerprint density at radius 3 is 2.35 bits per heavy atom. The van der Waals surface area contributed by atoms with Gasteiger partial charge in [0.25, 0.3) is 0 Å². The molecular weight excluding hydrogens is 309 g/mol. The predicted octanol–water partition coefficient (Wildman–Crippen LogP) is 3.42. The van der Waals surface area contributed by atoms with Gasteiger partial charge < -0.3 is 10.2 Å². The first-order chi connectivity index (χ1) is 10.9. The maximum atomic E-state index is 12.9. The standard InChI is InChI=1S/C16H13F3N2O2/c17-16(18,19)11-3-6-13-14(9-11)21(7-8-22)20-15(13)10-1-4-12(23)5-2-10/h1-6,9,22-23H,7-8H2. The molecule has 23 heavy (non-hydrogen) atoms. The lowest BCUT2D eigenvalue weighted by Gasteiger charge is -2.07. The SMILES string of the molecule is OCCn1nc(-c2ccc(O)cc2)c2ccc(C(F)(F)F)cc21. The molecular formula is C16H13F3N2O2. The van der Waals surface area contributed by atoms with Crippen LogP contribution in [-0.2, 0) is 12.7 Å². The van der Waals surface area contributed by atoms with Gasteiger partial charge in [0.1, 0.15) is 11.4 Å². The molecule has 0 aliphatic heterocycles. The summed E-state index contributed by atoms with van der Waals surface area (Å²) in [5, 5.41) is 23.3. The number of aromatic nitrogens is 2. The van der Waals surface area contributed by atoms with Crippen molar-refractivity contribution in [3.63, 3.8) is 0 Å². The van der Waals surface area contributed by atoms with Gasteiger partial charge in [-0.2, -0.15) is 18.3 Å². The lowest BCUT2D eigenvalue weighted by atomic mass is 10.1. The van der Waals surface area contributed by atoms with Crippen LogP contribution in [0.2, 0.25) is 0 Å². The van der Waals surface area contributed by atoms with Gasteiger partial charge in [0, 0.05) is 10.9 Å². The van der Waals surface area contributed by atoms with Gasteiger partial charge in [0.15, 0.2) is 0 Å². The van der Waals surface area contributed by atoms with Crippen molar-refractivity contribution >= 4 is 10.9 Å². The molecule has 7 heteroatoms. The lowest BCUT2D eigenvalue weighted by Crippen LogP contribution is -2.07. The molecule has 0 atom stereocenters. The van der Waals surface area contributed by atoms with Crippen molar-refractivity contribution in [1.82, 2.24) is 9.78 Å². The molecule has 0 aliphatic rings. The van der Waals surface area contributed by atoms with Gasteiger partial charge in [-0.05, 0) is 42.5 Å². The summed E-state index contributed by atoms with van der Waals surface area (Å²) in [5.74, 6) is 0.0900. The Hall–Kier alpha value is -2.54. The van der Waals surface area contributed by atoms with Crippen LogP contribution >= 0.6 is 0 Å². The van der Waals surface area contributed by atoms with E-state index in [1.165, 1.54) is 22.9 Å². The van der Waals surface area contributed by atoms with Crippen molar-refractivity contribution in [2.24, 2.45) is 0 Å². The summed E-state index contributed by atoms with van der Waals surface area (Å²) >= 11 is 0. The minimum Gasteiger partial charge on any atom is -0.508 e. The zero-order valence-corrected chi connectivity index (χ0v) is 11.9. The highest BCUT2D eigenvalue weighted by molar-refractivity contribution is 5.93. The molecule has 0 amide bonds. The third-order valence-electron chi connectivity index (χ3n) is 3.53. The zero-order chi connectivity index (χ0) is 16.6. The second-order valence-electron chi connectivity index (χ2n) is 5.07. The molecule has 2 N–H and O–H groups in total. The Morgan fingerprint density at radius 1 is 1.04 bits per heavy atom. The summed E-state index contributed by atoms with van der Waals surface area (Å²) in [6.45, 7) is -0.141. The van der Waals surface area contributed by atoms with Gasteiger partial charge in [-0.25, -0.2) is 0 Å². The number of rotatable bonds is 3. The minimum atomic E-state index is -4.44. The van der Waals surface area contributed by atoms with Gasteiger partial charge in [-0.3, -0.25) is 4.68 Å². The highest BCUT2D eigenvalue weighted by atomic mass is 19.4. The van der Waals surface area contributed by atoms with E-state index >= 15 is 0 Å². The highest BCUT2D eigenvalue weighted by Gasteiger charge is 2.31. The maximum Gasteiger partial charge on any atom is 0.416 e. The average Bonchev–Trinajstić information content (AvgIpc) is 2.86. The summed E-state index contributed by atoms with van der Waals surface area (Å²) in [7, 11) is 0. The number of nitrogens with zero attached hydrogens (tertiary/aromatic N) is 2. The topological polar surface area (TPSA) is 58.3 Å². The highest BCUT2D eigenvalue weighted by Crippen LogP contribution is 2.35. The quantitative estimate of drug-likeness (QED) is 0.777. The maximum absolute atomic E-state index is 12.9. The Bertz CT molecular complexity index is 839. The molecule has 120 valence electrons. The number of aliphatic hydroxyl groups excluding tert-OH is 1. The first kappa shape index (κ1) is 15.4. The van der Waals surface area contributed by atoms with Crippen LogP contribution in [0, 0.1) is 0 Å². The molecule has 2 aromatic carbocycles. The normalized spacial score (nSPS) is 12.0. The van der Waals surface area contributed by atoms with E-state index in [0.717, 1.165) is 12.1 Å². The molecule has 0 radical (unpaired) electrons. The molecule has 0 fully saturated rings. The fraction of sp³-hybridized carbons (Fsp3) is 0.188. The Kier molecular flexibility index (Phi) is 3.73.